The highest BCUT2D eigenvalue weighted by atomic mass is 19.1. The molecule has 6 nitrogen and oxygen atoms in total. The number of benzene rings is 1. The highest BCUT2D eigenvalue weighted by molar-refractivity contribution is 5.78. The van der Waals surface area contributed by atoms with Gasteiger partial charge >= 0.3 is 0 Å². The number of carbonyl (C=O) groups excluding carboxylic acids is 1. The summed E-state index contributed by atoms with van der Waals surface area (Å²) in [7, 11) is 1.52. The van der Waals surface area contributed by atoms with E-state index in [1.165, 1.54) is 19.2 Å². The van der Waals surface area contributed by atoms with Crippen molar-refractivity contribution < 1.29 is 18.7 Å². The van der Waals surface area contributed by atoms with E-state index in [1.807, 2.05) is 0 Å². The van der Waals surface area contributed by atoms with Crippen LogP contribution in [0.15, 0.2) is 36.4 Å². The summed E-state index contributed by atoms with van der Waals surface area (Å²) in [6.07, 6.45) is 1.86. The highest BCUT2D eigenvalue weighted by Crippen LogP contribution is 2.18. The molecule has 0 spiro atoms. The molecule has 1 fully saturated rings. The fourth-order valence-corrected chi connectivity index (χ4v) is 2.80. The highest BCUT2D eigenvalue weighted by Gasteiger charge is 2.25. The van der Waals surface area contributed by atoms with Crippen molar-refractivity contribution in [3.05, 3.63) is 47.8 Å². The van der Waals surface area contributed by atoms with Gasteiger partial charge in [0.2, 0.25) is 17.7 Å². The Kier molecular flexibility index (Phi) is 5.42. The Balaban J connectivity index is 1.56. The zero-order chi connectivity index (χ0) is 17.6. The molecule has 0 N–H and O–H groups in total. The molecule has 25 heavy (non-hydrogen) atoms. The van der Waals surface area contributed by atoms with Gasteiger partial charge in [-0.25, -0.2) is 4.39 Å². The lowest BCUT2D eigenvalue weighted by molar-refractivity contribution is -0.133. The molecular weight excluding hydrogens is 325 g/mol. The number of rotatable bonds is 5. The molecule has 7 heteroatoms. The first-order valence-electron chi connectivity index (χ1n) is 8.20. The Morgan fingerprint density at radius 1 is 1.20 bits per heavy atom. The summed E-state index contributed by atoms with van der Waals surface area (Å²) in [5.74, 6) is 0.551. The van der Waals surface area contributed by atoms with E-state index in [-0.39, 0.29) is 24.2 Å². The first kappa shape index (κ1) is 17.1. The van der Waals surface area contributed by atoms with Crippen molar-refractivity contribution in [2.45, 2.75) is 25.4 Å². The zero-order valence-corrected chi connectivity index (χ0v) is 14.0. The Morgan fingerprint density at radius 3 is 2.60 bits per heavy atom. The maximum atomic E-state index is 13.0. The second kappa shape index (κ2) is 7.92. The minimum atomic E-state index is -0.303. The van der Waals surface area contributed by atoms with Crippen LogP contribution in [0.2, 0.25) is 0 Å². The van der Waals surface area contributed by atoms with Gasteiger partial charge < -0.3 is 14.4 Å². The third-order valence-electron chi connectivity index (χ3n) is 4.11. The summed E-state index contributed by atoms with van der Waals surface area (Å²) in [4.78, 5) is 14.3. The summed E-state index contributed by atoms with van der Waals surface area (Å²) < 4.78 is 23.7. The minimum Gasteiger partial charge on any atom is -0.480 e. The molecule has 0 aliphatic carbocycles. The molecule has 3 rings (SSSR count). The van der Waals surface area contributed by atoms with Crippen molar-refractivity contribution in [1.82, 2.24) is 15.1 Å². The third kappa shape index (κ3) is 4.65. The van der Waals surface area contributed by atoms with Crippen molar-refractivity contribution >= 4 is 5.91 Å². The predicted octanol–water partition coefficient (Wildman–Crippen LogP) is 2.24. The number of carbonyl (C=O) groups is 1. The van der Waals surface area contributed by atoms with Crippen LogP contribution in [-0.2, 0) is 11.2 Å². The van der Waals surface area contributed by atoms with E-state index in [1.54, 1.807) is 29.2 Å². The lowest BCUT2D eigenvalue weighted by Gasteiger charge is -2.32. The summed E-state index contributed by atoms with van der Waals surface area (Å²) in [5.41, 5.74) is 0.801. The van der Waals surface area contributed by atoms with E-state index in [4.69, 9.17) is 9.47 Å². The average molecular weight is 345 g/mol. The number of ether oxygens (including phenoxy) is 2. The molecule has 1 amide bonds. The van der Waals surface area contributed by atoms with Gasteiger partial charge in [0.1, 0.15) is 11.9 Å². The molecule has 1 unspecified atom stereocenters. The van der Waals surface area contributed by atoms with Gasteiger partial charge in [0.15, 0.2) is 0 Å². The number of hydrogen-bond donors (Lipinski definition) is 0. The van der Waals surface area contributed by atoms with Gasteiger partial charge in [0.25, 0.3) is 0 Å². The lowest BCUT2D eigenvalue weighted by Crippen LogP contribution is -2.45. The molecule has 132 valence electrons. The largest absolute Gasteiger partial charge is 0.480 e. The third-order valence-corrected chi connectivity index (χ3v) is 4.11. The van der Waals surface area contributed by atoms with Crippen LogP contribution < -0.4 is 9.47 Å². The molecule has 1 aliphatic heterocycles. The number of likely N-dealkylation sites (tertiary alicyclic amines) is 1. The normalized spacial score (nSPS) is 17.2. The Hall–Kier alpha value is -2.70. The molecule has 2 aromatic rings. The predicted molar refractivity (Wildman–Crippen MR) is 88.9 cm³/mol. The van der Waals surface area contributed by atoms with Crippen molar-refractivity contribution in [3.8, 4) is 11.8 Å². The van der Waals surface area contributed by atoms with Crippen LogP contribution in [0.5, 0.6) is 11.8 Å². The van der Waals surface area contributed by atoms with Gasteiger partial charge in [-0.15, -0.1) is 10.2 Å². The smallest absolute Gasteiger partial charge is 0.233 e. The SMILES string of the molecule is COc1ccc(OC2CCCN(C(=O)Cc3ccc(F)cc3)C2)nn1. The number of hydrogen-bond acceptors (Lipinski definition) is 5. The van der Waals surface area contributed by atoms with Crippen molar-refractivity contribution in [1.29, 1.82) is 0 Å². The summed E-state index contributed by atoms with van der Waals surface area (Å²) in [6.45, 7) is 1.21. The first-order valence-corrected chi connectivity index (χ1v) is 8.20. The van der Waals surface area contributed by atoms with Crippen LogP contribution in [0.25, 0.3) is 0 Å². The molecule has 0 bridgehead atoms. The number of piperidine rings is 1. The van der Waals surface area contributed by atoms with Crippen molar-refractivity contribution in [2.75, 3.05) is 20.2 Å². The van der Waals surface area contributed by atoms with E-state index in [0.717, 1.165) is 18.4 Å². The van der Waals surface area contributed by atoms with Gasteiger partial charge in [-0.3, -0.25) is 4.79 Å². The second-order valence-electron chi connectivity index (χ2n) is 5.94. The first-order chi connectivity index (χ1) is 12.1. The van der Waals surface area contributed by atoms with Gasteiger partial charge in [0.05, 0.1) is 20.1 Å². The van der Waals surface area contributed by atoms with E-state index < -0.39 is 0 Å². The molecule has 1 saturated heterocycles. The van der Waals surface area contributed by atoms with E-state index in [9.17, 15) is 9.18 Å². The number of methoxy groups -OCH3 is 1. The average Bonchev–Trinajstić information content (AvgIpc) is 2.64. The summed E-state index contributed by atoms with van der Waals surface area (Å²) in [5, 5.41) is 7.82. The van der Waals surface area contributed by atoms with Gasteiger partial charge in [-0.1, -0.05) is 12.1 Å². The number of aromatic nitrogens is 2. The molecule has 1 aromatic carbocycles. The van der Waals surface area contributed by atoms with Crippen LogP contribution in [0.3, 0.4) is 0 Å². The van der Waals surface area contributed by atoms with Crippen LogP contribution in [-0.4, -0.2) is 47.3 Å². The topological polar surface area (TPSA) is 64.6 Å². The van der Waals surface area contributed by atoms with Crippen LogP contribution in [0.4, 0.5) is 4.39 Å². The van der Waals surface area contributed by atoms with Crippen molar-refractivity contribution in [2.24, 2.45) is 0 Å². The zero-order valence-electron chi connectivity index (χ0n) is 14.0. The van der Waals surface area contributed by atoms with E-state index in [0.29, 0.717) is 24.8 Å². The Labute approximate surface area is 145 Å². The fourth-order valence-electron chi connectivity index (χ4n) is 2.80. The minimum absolute atomic E-state index is 0.0146. The lowest BCUT2D eigenvalue weighted by atomic mass is 10.1. The Bertz CT molecular complexity index is 707. The summed E-state index contributed by atoms with van der Waals surface area (Å²) in [6, 6.07) is 9.39. The van der Waals surface area contributed by atoms with Gasteiger partial charge in [-0.05, 0) is 30.5 Å². The monoisotopic (exact) mass is 345 g/mol. The van der Waals surface area contributed by atoms with Gasteiger partial charge in [-0.2, -0.15) is 0 Å². The standard InChI is InChI=1S/C18H20FN3O3/c1-24-16-8-9-17(21-20-16)25-15-3-2-10-22(12-15)18(23)11-13-4-6-14(19)7-5-13/h4-9,15H,2-3,10-12H2,1H3. The van der Waals surface area contributed by atoms with E-state index >= 15 is 0 Å². The quantitative estimate of drug-likeness (QED) is 0.831. The van der Waals surface area contributed by atoms with Gasteiger partial charge in [0, 0.05) is 18.7 Å². The number of halogens is 1. The maximum absolute atomic E-state index is 13.0. The van der Waals surface area contributed by atoms with Crippen LogP contribution >= 0.6 is 0 Å². The van der Waals surface area contributed by atoms with Crippen molar-refractivity contribution in [3.63, 3.8) is 0 Å². The molecule has 1 atom stereocenters. The maximum Gasteiger partial charge on any atom is 0.233 e. The van der Waals surface area contributed by atoms with Crippen LogP contribution in [0.1, 0.15) is 18.4 Å². The molecule has 0 saturated carbocycles. The molecular formula is C18H20FN3O3. The second-order valence-corrected chi connectivity index (χ2v) is 5.94. The van der Waals surface area contributed by atoms with Crippen LogP contribution in [0, 0.1) is 5.82 Å². The molecule has 1 aromatic heterocycles. The number of amides is 1. The molecule has 2 heterocycles. The molecule has 0 radical (unpaired) electrons. The Morgan fingerprint density at radius 2 is 1.92 bits per heavy atom. The molecule has 1 aliphatic rings. The fraction of sp³-hybridized carbons (Fsp3) is 0.389. The summed E-state index contributed by atoms with van der Waals surface area (Å²) >= 11 is 0. The van der Waals surface area contributed by atoms with E-state index in [2.05, 4.69) is 10.2 Å². The number of nitrogens with zero attached hydrogens (tertiary/aromatic N) is 3.